The molecule has 0 unspecified atom stereocenters. The molecule has 0 bridgehead atoms. The molecule has 0 saturated carbocycles. The third-order valence-electron chi connectivity index (χ3n) is 4.42. The lowest BCUT2D eigenvalue weighted by Gasteiger charge is -2.01. The molecule has 4 heteroatoms. The monoisotopic (exact) mass is 370 g/mol. The summed E-state index contributed by atoms with van der Waals surface area (Å²) in [5.74, 6) is 5.81. The molecule has 28 heavy (non-hydrogen) atoms. The summed E-state index contributed by atoms with van der Waals surface area (Å²) in [7, 11) is 0. The molecule has 0 radical (unpaired) electrons. The average molecular weight is 370 g/mol. The summed E-state index contributed by atoms with van der Waals surface area (Å²) in [4.78, 5) is 19.6. The number of hydrogen-bond donors (Lipinski definition) is 1. The average Bonchev–Trinajstić information content (AvgIpc) is 2.74. The Morgan fingerprint density at radius 2 is 1.54 bits per heavy atom. The van der Waals surface area contributed by atoms with Crippen LogP contribution in [0.2, 0.25) is 0 Å². The number of benzene rings is 2. The zero-order valence-electron chi connectivity index (χ0n) is 15.9. The van der Waals surface area contributed by atoms with E-state index in [1.807, 2.05) is 12.1 Å². The molecule has 4 nitrogen and oxygen atoms in total. The molecule has 0 atom stereocenters. The lowest BCUT2D eigenvalue weighted by Crippen LogP contribution is -1.96. The maximum Gasteiger partial charge on any atom is 0.335 e. The lowest BCUT2D eigenvalue weighted by atomic mass is 10.1. The van der Waals surface area contributed by atoms with Crippen LogP contribution in [0.3, 0.4) is 0 Å². The molecule has 1 N–H and O–H groups in total. The molecule has 0 saturated heterocycles. The summed E-state index contributed by atoms with van der Waals surface area (Å²) in [6, 6.07) is 14.9. The molecule has 0 aliphatic rings. The maximum atomic E-state index is 10.9. The van der Waals surface area contributed by atoms with Gasteiger partial charge in [-0.15, -0.1) is 0 Å². The molecule has 3 aromatic rings. The van der Waals surface area contributed by atoms with Crippen LogP contribution < -0.4 is 0 Å². The fourth-order valence-corrected chi connectivity index (χ4v) is 2.78. The van der Waals surface area contributed by atoms with Gasteiger partial charge in [-0.05, 0) is 42.7 Å². The smallest absolute Gasteiger partial charge is 0.335 e. The van der Waals surface area contributed by atoms with Crippen molar-refractivity contribution < 1.29 is 9.90 Å². The number of carboxylic acids is 1. The van der Waals surface area contributed by atoms with Gasteiger partial charge in [0.1, 0.15) is 0 Å². The summed E-state index contributed by atoms with van der Waals surface area (Å²) in [5, 5.41) is 8.95. The quantitative estimate of drug-likeness (QED) is 0.491. The van der Waals surface area contributed by atoms with Gasteiger partial charge in [-0.2, -0.15) is 0 Å². The molecular weight excluding hydrogens is 348 g/mol. The van der Waals surface area contributed by atoms with Crippen molar-refractivity contribution in [2.24, 2.45) is 0 Å². The molecule has 0 amide bonds. The Hall–Kier alpha value is -3.45. The minimum Gasteiger partial charge on any atom is -0.478 e. The predicted molar refractivity (Wildman–Crippen MR) is 110 cm³/mol. The molecule has 1 aromatic heterocycles. The van der Waals surface area contributed by atoms with Gasteiger partial charge in [0, 0.05) is 23.5 Å². The van der Waals surface area contributed by atoms with Crippen LogP contribution >= 0.6 is 0 Å². The Morgan fingerprint density at radius 3 is 2.14 bits per heavy atom. The van der Waals surface area contributed by atoms with E-state index in [0.717, 1.165) is 23.1 Å². The van der Waals surface area contributed by atoms with Gasteiger partial charge < -0.3 is 5.11 Å². The maximum absolute atomic E-state index is 10.9. The van der Waals surface area contributed by atoms with E-state index >= 15 is 0 Å². The molecule has 2 aromatic carbocycles. The molecular formula is C24H22N2O2. The highest BCUT2D eigenvalue weighted by atomic mass is 16.4. The van der Waals surface area contributed by atoms with Crippen LogP contribution in [0.4, 0.5) is 0 Å². The van der Waals surface area contributed by atoms with Crippen molar-refractivity contribution in [3.63, 3.8) is 0 Å². The fourth-order valence-electron chi connectivity index (χ4n) is 2.78. The first kappa shape index (κ1) is 19.3. The Morgan fingerprint density at radius 1 is 0.893 bits per heavy atom. The van der Waals surface area contributed by atoms with Gasteiger partial charge in [-0.25, -0.2) is 14.8 Å². The minimum absolute atomic E-state index is 0.239. The number of aromatic carboxylic acids is 1. The van der Waals surface area contributed by atoms with Crippen molar-refractivity contribution in [2.75, 3.05) is 0 Å². The standard InChI is InChI=1S/C24H22N2O2/c1-2-3-4-5-18-6-8-19(9-7-18)10-11-20-16-25-23(26-17-20)21-12-14-22(15-13-21)24(27)28/h6-9,12-17H,2-5H2,1H3,(H,27,28). The van der Waals surface area contributed by atoms with Crippen molar-refractivity contribution in [3.05, 3.63) is 83.2 Å². The number of carbonyl (C=O) groups is 1. The first-order valence-electron chi connectivity index (χ1n) is 9.42. The van der Waals surface area contributed by atoms with Crippen LogP contribution in [-0.2, 0) is 6.42 Å². The molecule has 0 spiro atoms. The number of aryl methyl sites for hydroxylation is 1. The highest BCUT2D eigenvalue weighted by Gasteiger charge is 2.05. The van der Waals surface area contributed by atoms with E-state index < -0.39 is 5.97 Å². The van der Waals surface area contributed by atoms with Crippen LogP contribution in [0.15, 0.2) is 60.9 Å². The normalized spacial score (nSPS) is 10.2. The highest BCUT2D eigenvalue weighted by Crippen LogP contribution is 2.15. The fraction of sp³-hybridized carbons (Fsp3) is 0.208. The van der Waals surface area contributed by atoms with Gasteiger partial charge in [-0.1, -0.05) is 55.9 Å². The predicted octanol–water partition coefficient (Wildman–Crippen LogP) is 4.97. The van der Waals surface area contributed by atoms with Crippen LogP contribution in [0.5, 0.6) is 0 Å². The van der Waals surface area contributed by atoms with Crippen molar-refractivity contribution in [1.29, 1.82) is 0 Å². The van der Waals surface area contributed by atoms with Crippen LogP contribution in [0.25, 0.3) is 11.4 Å². The zero-order valence-corrected chi connectivity index (χ0v) is 15.9. The second kappa shape index (κ2) is 9.48. The molecule has 0 aliphatic carbocycles. The molecule has 0 fully saturated rings. The van der Waals surface area contributed by atoms with Crippen molar-refractivity contribution in [2.45, 2.75) is 32.6 Å². The van der Waals surface area contributed by atoms with Gasteiger partial charge in [-0.3, -0.25) is 0 Å². The minimum atomic E-state index is -0.952. The third-order valence-corrected chi connectivity index (χ3v) is 4.42. The summed E-state index contributed by atoms with van der Waals surface area (Å²) in [6.07, 6.45) is 8.20. The van der Waals surface area contributed by atoms with E-state index in [1.54, 1.807) is 36.7 Å². The largest absolute Gasteiger partial charge is 0.478 e. The Labute approximate surface area is 165 Å². The van der Waals surface area contributed by atoms with Crippen molar-refractivity contribution in [3.8, 4) is 23.2 Å². The van der Waals surface area contributed by atoms with Gasteiger partial charge in [0.05, 0.1) is 11.1 Å². The molecule has 0 aliphatic heterocycles. The van der Waals surface area contributed by atoms with Crippen LogP contribution in [0.1, 0.15) is 53.2 Å². The first-order valence-corrected chi connectivity index (χ1v) is 9.42. The number of rotatable bonds is 6. The van der Waals surface area contributed by atoms with E-state index in [4.69, 9.17) is 5.11 Å². The highest BCUT2D eigenvalue weighted by molar-refractivity contribution is 5.88. The summed E-state index contributed by atoms with van der Waals surface area (Å²) >= 11 is 0. The van der Waals surface area contributed by atoms with Gasteiger partial charge in [0.15, 0.2) is 5.82 Å². The van der Waals surface area contributed by atoms with E-state index in [2.05, 4.69) is 40.9 Å². The van der Waals surface area contributed by atoms with E-state index in [1.165, 1.54) is 24.8 Å². The summed E-state index contributed by atoms with van der Waals surface area (Å²) in [6.45, 7) is 2.21. The van der Waals surface area contributed by atoms with Crippen LogP contribution in [0, 0.1) is 11.8 Å². The van der Waals surface area contributed by atoms with Gasteiger partial charge >= 0.3 is 5.97 Å². The van der Waals surface area contributed by atoms with Gasteiger partial charge in [0.25, 0.3) is 0 Å². The Bertz CT molecular complexity index is 980. The number of unbranched alkanes of at least 4 members (excludes halogenated alkanes) is 2. The van der Waals surface area contributed by atoms with Crippen molar-refractivity contribution in [1.82, 2.24) is 9.97 Å². The van der Waals surface area contributed by atoms with Crippen LogP contribution in [-0.4, -0.2) is 21.0 Å². The van der Waals surface area contributed by atoms with E-state index in [0.29, 0.717) is 5.82 Å². The molecule has 3 rings (SSSR count). The zero-order chi connectivity index (χ0) is 19.8. The second-order valence-electron chi connectivity index (χ2n) is 6.58. The molecule has 140 valence electrons. The van der Waals surface area contributed by atoms with Crippen molar-refractivity contribution >= 4 is 5.97 Å². The van der Waals surface area contributed by atoms with Gasteiger partial charge in [0.2, 0.25) is 0 Å². The number of hydrogen-bond acceptors (Lipinski definition) is 3. The Balaban J connectivity index is 1.65. The Kier molecular flexibility index (Phi) is 6.54. The number of carboxylic acid groups (broad SMARTS) is 1. The number of aromatic nitrogens is 2. The third kappa shape index (κ3) is 5.28. The number of nitrogens with zero attached hydrogens (tertiary/aromatic N) is 2. The topological polar surface area (TPSA) is 63.1 Å². The summed E-state index contributed by atoms with van der Waals surface area (Å²) < 4.78 is 0. The SMILES string of the molecule is CCCCCc1ccc(C#Cc2cnc(-c3ccc(C(=O)O)cc3)nc2)cc1. The second-order valence-corrected chi connectivity index (χ2v) is 6.58. The summed E-state index contributed by atoms with van der Waals surface area (Å²) in [5.41, 5.74) is 4.05. The first-order chi connectivity index (χ1) is 13.7. The van der Waals surface area contributed by atoms with E-state index in [-0.39, 0.29) is 5.56 Å². The lowest BCUT2D eigenvalue weighted by molar-refractivity contribution is 0.0697. The molecule has 1 heterocycles. The van der Waals surface area contributed by atoms with E-state index in [9.17, 15) is 4.79 Å².